The van der Waals surface area contributed by atoms with E-state index in [-0.39, 0.29) is 40.9 Å². The van der Waals surface area contributed by atoms with Gasteiger partial charge in [-0.25, -0.2) is 0 Å². The van der Waals surface area contributed by atoms with Gasteiger partial charge in [-0.15, -0.1) is 0 Å². The maximum atomic E-state index is 13.2. The van der Waals surface area contributed by atoms with Crippen molar-refractivity contribution in [3.8, 4) is 5.75 Å². The first kappa shape index (κ1) is 19.8. The van der Waals surface area contributed by atoms with Crippen LogP contribution in [0.15, 0.2) is 70.1 Å². The molecule has 0 radical (unpaired) electrons. The van der Waals surface area contributed by atoms with E-state index in [2.05, 4.69) is 4.98 Å². The number of furan rings is 1. The smallest absolute Gasteiger partial charge is 0.254 e. The van der Waals surface area contributed by atoms with Gasteiger partial charge in [-0.2, -0.15) is 0 Å². The fourth-order valence-corrected chi connectivity index (χ4v) is 3.43. The first-order valence-electron chi connectivity index (χ1n) is 9.33. The SMILES string of the molecule is Cc1ccc2[nH]c(=O)c(CN(Cc3ccco3)C(=O)c3ccc(Cl)c(O)c3)cc2c1. The van der Waals surface area contributed by atoms with Gasteiger partial charge in [-0.1, -0.05) is 23.2 Å². The molecule has 0 bridgehead atoms. The van der Waals surface area contributed by atoms with Crippen LogP contribution in [0.5, 0.6) is 5.75 Å². The number of nitrogens with zero attached hydrogens (tertiary/aromatic N) is 1. The van der Waals surface area contributed by atoms with Crippen LogP contribution in [0.1, 0.15) is 27.2 Å². The molecule has 6 nitrogen and oxygen atoms in total. The standard InChI is InChI=1S/C23H19ClN2O4/c1-14-4-7-20-16(9-14)10-17(22(28)25-20)12-26(13-18-3-2-8-30-18)23(29)15-5-6-19(24)21(27)11-15/h2-11,27H,12-13H2,1H3,(H,25,28). The summed E-state index contributed by atoms with van der Waals surface area (Å²) in [7, 11) is 0. The predicted octanol–water partition coefficient (Wildman–Crippen LogP) is 4.63. The molecular weight excluding hydrogens is 404 g/mol. The number of rotatable bonds is 5. The Kier molecular flexibility index (Phi) is 5.33. The average Bonchev–Trinajstić information content (AvgIpc) is 3.23. The van der Waals surface area contributed by atoms with Crippen molar-refractivity contribution < 1.29 is 14.3 Å². The monoisotopic (exact) mass is 422 g/mol. The van der Waals surface area contributed by atoms with Crippen LogP contribution >= 0.6 is 11.6 Å². The summed E-state index contributed by atoms with van der Waals surface area (Å²) in [6.07, 6.45) is 1.53. The van der Waals surface area contributed by atoms with Crippen LogP contribution in [0, 0.1) is 6.92 Å². The largest absolute Gasteiger partial charge is 0.506 e. The fraction of sp³-hybridized carbons (Fsp3) is 0.130. The van der Waals surface area contributed by atoms with Crippen molar-refractivity contribution in [1.29, 1.82) is 0 Å². The van der Waals surface area contributed by atoms with Crippen molar-refractivity contribution >= 4 is 28.4 Å². The second-order valence-corrected chi connectivity index (χ2v) is 7.53. The zero-order valence-electron chi connectivity index (χ0n) is 16.2. The lowest BCUT2D eigenvalue weighted by Gasteiger charge is -2.22. The summed E-state index contributed by atoms with van der Waals surface area (Å²) in [5.41, 5.74) is 2.26. The molecule has 0 aliphatic rings. The highest BCUT2D eigenvalue weighted by atomic mass is 35.5. The summed E-state index contributed by atoms with van der Waals surface area (Å²) in [5, 5.41) is 10.9. The minimum absolute atomic E-state index is 0.0716. The molecule has 2 heterocycles. The molecule has 4 aromatic rings. The third kappa shape index (κ3) is 4.09. The molecule has 152 valence electrons. The number of carbonyl (C=O) groups is 1. The van der Waals surface area contributed by atoms with Crippen LogP contribution in [0.25, 0.3) is 10.9 Å². The van der Waals surface area contributed by atoms with Crippen molar-refractivity contribution in [3.05, 3.63) is 98.7 Å². The van der Waals surface area contributed by atoms with Crippen LogP contribution in [0.4, 0.5) is 0 Å². The molecule has 0 atom stereocenters. The van der Waals surface area contributed by atoms with Gasteiger partial charge in [0.25, 0.3) is 11.5 Å². The Bertz CT molecular complexity index is 1280. The number of aromatic nitrogens is 1. The number of halogens is 1. The third-order valence-corrected chi connectivity index (χ3v) is 5.16. The summed E-state index contributed by atoms with van der Waals surface area (Å²) >= 11 is 5.86. The summed E-state index contributed by atoms with van der Waals surface area (Å²) in [6.45, 7) is 2.21. The van der Waals surface area contributed by atoms with Crippen LogP contribution in [0.2, 0.25) is 5.02 Å². The van der Waals surface area contributed by atoms with Gasteiger partial charge in [0.05, 0.1) is 24.4 Å². The van der Waals surface area contributed by atoms with Crippen LogP contribution < -0.4 is 5.56 Å². The Morgan fingerprint density at radius 1 is 1.13 bits per heavy atom. The average molecular weight is 423 g/mol. The molecule has 2 aromatic heterocycles. The summed E-state index contributed by atoms with van der Waals surface area (Å²) < 4.78 is 5.40. The Labute approximate surface area is 177 Å². The molecular formula is C23H19ClN2O4. The summed E-state index contributed by atoms with van der Waals surface area (Å²) in [4.78, 5) is 30.2. The highest BCUT2D eigenvalue weighted by Crippen LogP contribution is 2.25. The van der Waals surface area contributed by atoms with E-state index >= 15 is 0 Å². The summed E-state index contributed by atoms with van der Waals surface area (Å²) in [5.74, 6) is 0.0381. The number of phenolic OH excluding ortho intramolecular Hbond substituents is 1. The minimum Gasteiger partial charge on any atom is -0.506 e. The predicted molar refractivity (Wildman–Crippen MR) is 115 cm³/mol. The quantitative estimate of drug-likeness (QED) is 0.491. The van der Waals surface area contributed by atoms with Gasteiger partial charge in [0.15, 0.2) is 0 Å². The number of aryl methyl sites for hydroxylation is 1. The number of benzene rings is 2. The van der Waals surface area contributed by atoms with Gasteiger partial charge < -0.3 is 19.4 Å². The maximum absolute atomic E-state index is 13.2. The number of nitrogens with one attached hydrogen (secondary N) is 1. The molecule has 0 fully saturated rings. The minimum atomic E-state index is -0.359. The van der Waals surface area contributed by atoms with E-state index in [0.29, 0.717) is 11.3 Å². The van der Waals surface area contributed by atoms with E-state index in [1.54, 1.807) is 18.2 Å². The van der Waals surface area contributed by atoms with E-state index in [0.717, 1.165) is 16.5 Å². The highest BCUT2D eigenvalue weighted by molar-refractivity contribution is 6.32. The Hall–Kier alpha value is -3.51. The molecule has 2 N–H and O–H groups in total. The number of hydrogen-bond donors (Lipinski definition) is 2. The van der Waals surface area contributed by atoms with Crippen LogP contribution in [-0.4, -0.2) is 20.9 Å². The lowest BCUT2D eigenvalue weighted by atomic mass is 10.1. The van der Waals surface area contributed by atoms with Crippen molar-refractivity contribution in [1.82, 2.24) is 9.88 Å². The number of aromatic hydroxyl groups is 1. The number of aromatic amines is 1. The number of H-pyrrole nitrogens is 1. The summed E-state index contributed by atoms with van der Waals surface area (Å²) in [6, 6.07) is 15.4. The normalized spacial score (nSPS) is 11.0. The first-order valence-corrected chi connectivity index (χ1v) is 9.71. The molecule has 0 saturated heterocycles. The lowest BCUT2D eigenvalue weighted by Crippen LogP contribution is -2.32. The van der Waals surface area contributed by atoms with Gasteiger partial charge in [0.2, 0.25) is 0 Å². The molecule has 1 amide bonds. The number of hydrogen-bond acceptors (Lipinski definition) is 4. The van der Waals surface area contributed by atoms with Gasteiger partial charge in [-0.3, -0.25) is 9.59 Å². The second kappa shape index (κ2) is 8.08. The topological polar surface area (TPSA) is 86.5 Å². The Morgan fingerprint density at radius 2 is 1.97 bits per heavy atom. The van der Waals surface area contributed by atoms with Crippen LogP contribution in [0.3, 0.4) is 0 Å². The second-order valence-electron chi connectivity index (χ2n) is 7.12. The molecule has 0 unspecified atom stereocenters. The van der Waals surface area contributed by atoms with E-state index in [1.165, 1.54) is 29.4 Å². The first-order chi connectivity index (χ1) is 14.4. The highest BCUT2D eigenvalue weighted by Gasteiger charge is 2.20. The zero-order chi connectivity index (χ0) is 21.3. The van der Waals surface area contributed by atoms with Crippen molar-refractivity contribution in [2.45, 2.75) is 20.0 Å². The number of carbonyl (C=O) groups excluding carboxylic acids is 1. The van der Waals surface area contributed by atoms with Crippen molar-refractivity contribution in [2.75, 3.05) is 0 Å². The fourth-order valence-electron chi connectivity index (χ4n) is 3.31. The van der Waals surface area contributed by atoms with Gasteiger partial charge >= 0.3 is 0 Å². The number of fused-ring (bicyclic) bond motifs is 1. The molecule has 0 spiro atoms. The van der Waals surface area contributed by atoms with E-state index in [9.17, 15) is 14.7 Å². The molecule has 0 saturated carbocycles. The maximum Gasteiger partial charge on any atom is 0.254 e. The number of pyridine rings is 1. The Morgan fingerprint density at radius 3 is 2.70 bits per heavy atom. The van der Waals surface area contributed by atoms with Gasteiger partial charge in [0.1, 0.15) is 11.5 Å². The van der Waals surface area contributed by atoms with Gasteiger partial charge in [0, 0.05) is 16.6 Å². The van der Waals surface area contributed by atoms with E-state index < -0.39 is 0 Å². The van der Waals surface area contributed by atoms with Crippen LogP contribution in [-0.2, 0) is 13.1 Å². The van der Waals surface area contributed by atoms with E-state index in [4.69, 9.17) is 16.0 Å². The number of phenols is 1. The molecule has 0 aliphatic carbocycles. The zero-order valence-corrected chi connectivity index (χ0v) is 16.9. The number of amides is 1. The van der Waals surface area contributed by atoms with Gasteiger partial charge in [-0.05, 0) is 60.8 Å². The van der Waals surface area contributed by atoms with E-state index in [1.807, 2.05) is 25.1 Å². The molecule has 30 heavy (non-hydrogen) atoms. The molecule has 0 aliphatic heterocycles. The van der Waals surface area contributed by atoms with Crippen molar-refractivity contribution in [3.63, 3.8) is 0 Å². The molecule has 7 heteroatoms. The Balaban J connectivity index is 1.72. The third-order valence-electron chi connectivity index (χ3n) is 4.84. The van der Waals surface area contributed by atoms with Crippen molar-refractivity contribution in [2.24, 2.45) is 0 Å². The molecule has 2 aromatic carbocycles. The molecule has 4 rings (SSSR count). The lowest BCUT2D eigenvalue weighted by molar-refractivity contribution is 0.0716.